The van der Waals surface area contributed by atoms with E-state index < -0.39 is 15.6 Å². The zero-order valence-corrected chi connectivity index (χ0v) is 12.3. The zero-order valence-electron chi connectivity index (χ0n) is 11.5. The minimum Gasteiger partial charge on any atom is -0.497 e. The van der Waals surface area contributed by atoms with Crippen LogP contribution >= 0.6 is 0 Å². The van der Waals surface area contributed by atoms with Crippen LogP contribution in [0.5, 0.6) is 5.75 Å². The molecular formula is C13H18N2O3S. The molecule has 1 aromatic rings. The largest absolute Gasteiger partial charge is 0.497 e. The van der Waals surface area contributed by atoms with E-state index in [9.17, 15) is 8.42 Å². The fraction of sp³-hybridized carbons (Fsp3) is 0.462. The van der Waals surface area contributed by atoms with Gasteiger partial charge in [0.1, 0.15) is 11.3 Å². The summed E-state index contributed by atoms with van der Waals surface area (Å²) in [7, 11) is -2.22. The first-order valence-electron chi connectivity index (χ1n) is 5.84. The van der Waals surface area contributed by atoms with Crippen molar-refractivity contribution in [2.24, 2.45) is 5.92 Å². The first kappa shape index (κ1) is 15.5. The maximum absolute atomic E-state index is 12.2. The number of sulfonamides is 1. The number of nitriles is 1. The molecule has 5 nitrogen and oxygen atoms in total. The normalized spacial score (nSPS) is 14.7. The monoisotopic (exact) mass is 282 g/mol. The molecular weight excluding hydrogens is 264 g/mol. The number of rotatable bonds is 5. The van der Waals surface area contributed by atoms with Gasteiger partial charge in [0.05, 0.1) is 18.1 Å². The highest BCUT2D eigenvalue weighted by atomic mass is 32.2. The lowest BCUT2D eigenvalue weighted by Crippen LogP contribution is -2.48. The van der Waals surface area contributed by atoms with Gasteiger partial charge in [-0.3, -0.25) is 0 Å². The molecule has 0 aliphatic heterocycles. The van der Waals surface area contributed by atoms with E-state index in [0.717, 1.165) is 0 Å². The van der Waals surface area contributed by atoms with Gasteiger partial charge in [-0.05, 0) is 37.1 Å². The highest BCUT2D eigenvalue weighted by molar-refractivity contribution is 7.89. The molecule has 0 aliphatic carbocycles. The molecule has 19 heavy (non-hydrogen) atoms. The van der Waals surface area contributed by atoms with Crippen LogP contribution in [0.25, 0.3) is 0 Å². The van der Waals surface area contributed by atoms with Crippen LogP contribution < -0.4 is 9.46 Å². The summed E-state index contributed by atoms with van der Waals surface area (Å²) in [5, 5.41) is 9.15. The second-order valence-electron chi connectivity index (χ2n) is 4.75. The molecule has 0 fully saturated rings. The Morgan fingerprint density at radius 1 is 1.32 bits per heavy atom. The van der Waals surface area contributed by atoms with Gasteiger partial charge in [0.15, 0.2) is 0 Å². The van der Waals surface area contributed by atoms with Crippen LogP contribution in [0.1, 0.15) is 20.8 Å². The lowest BCUT2D eigenvalue weighted by Gasteiger charge is -2.26. The highest BCUT2D eigenvalue weighted by Crippen LogP contribution is 2.21. The molecule has 1 atom stereocenters. The van der Waals surface area contributed by atoms with Crippen molar-refractivity contribution in [2.75, 3.05) is 7.11 Å². The standard InChI is InChI=1S/C13H18N2O3S/c1-10(2)13(3,9-14)15-19(16,17)12-7-5-11(18-4)6-8-12/h5-8,10,15H,1-4H3/t13-/m0/s1. The van der Waals surface area contributed by atoms with Gasteiger partial charge >= 0.3 is 0 Å². The van der Waals surface area contributed by atoms with Crippen molar-refractivity contribution < 1.29 is 13.2 Å². The molecule has 0 radical (unpaired) electrons. The number of benzene rings is 1. The zero-order chi connectivity index (χ0) is 14.7. The Kier molecular flexibility index (Phi) is 4.56. The summed E-state index contributed by atoms with van der Waals surface area (Å²) in [6, 6.07) is 8.03. The number of nitrogens with one attached hydrogen (secondary N) is 1. The van der Waals surface area contributed by atoms with Crippen molar-refractivity contribution in [3.05, 3.63) is 24.3 Å². The fourth-order valence-electron chi connectivity index (χ4n) is 1.36. The third kappa shape index (κ3) is 3.46. The van der Waals surface area contributed by atoms with Crippen LogP contribution in [0.2, 0.25) is 0 Å². The summed E-state index contributed by atoms with van der Waals surface area (Å²) in [5.41, 5.74) is -1.14. The molecule has 0 spiro atoms. The molecule has 1 aromatic carbocycles. The first-order chi connectivity index (χ1) is 8.75. The van der Waals surface area contributed by atoms with Gasteiger partial charge in [-0.15, -0.1) is 0 Å². The summed E-state index contributed by atoms with van der Waals surface area (Å²) in [6.45, 7) is 5.15. The molecule has 0 heterocycles. The molecule has 0 bridgehead atoms. The van der Waals surface area contributed by atoms with Crippen LogP contribution in [0, 0.1) is 17.2 Å². The van der Waals surface area contributed by atoms with Crippen molar-refractivity contribution in [1.29, 1.82) is 5.26 Å². The average Bonchev–Trinajstić information content (AvgIpc) is 2.38. The van der Waals surface area contributed by atoms with Gasteiger partial charge in [-0.25, -0.2) is 8.42 Å². The maximum atomic E-state index is 12.2. The van der Waals surface area contributed by atoms with E-state index in [1.54, 1.807) is 32.9 Å². The number of ether oxygens (including phenoxy) is 1. The molecule has 104 valence electrons. The fourth-order valence-corrected chi connectivity index (χ4v) is 2.81. The van der Waals surface area contributed by atoms with Gasteiger partial charge in [0.25, 0.3) is 0 Å². The lowest BCUT2D eigenvalue weighted by atomic mass is 9.92. The van der Waals surface area contributed by atoms with Crippen molar-refractivity contribution in [3.63, 3.8) is 0 Å². The summed E-state index contributed by atoms with van der Waals surface area (Å²) in [4.78, 5) is 0.107. The van der Waals surface area contributed by atoms with E-state index in [4.69, 9.17) is 10.00 Å². The van der Waals surface area contributed by atoms with E-state index >= 15 is 0 Å². The molecule has 0 amide bonds. The predicted octanol–water partition coefficient (Wildman–Crippen LogP) is 1.91. The minimum absolute atomic E-state index is 0.107. The van der Waals surface area contributed by atoms with Crippen molar-refractivity contribution in [2.45, 2.75) is 31.2 Å². The van der Waals surface area contributed by atoms with E-state index in [2.05, 4.69) is 4.72 Å². The maximum Gasteiger partial charge on any atom is 0.241 e. The Balaban J connectivity index is 3.08. The average molecular weight is 282 g/mol. The Morgan fingerprint density at radius 3 is 2.21 bits per heavy atom. The molecule has 1 N–H and O–H groups in total. The van der Waals surface area contributed by atoms with Gasteiger partial charge in [-0.1, -0.05) is 13.8 Å². The van der Waals surface area contributed by atoms with Gasteiger partial charge in [0, 0.05) is 0 Å². The summed E-state index contributed by atoms with van der Waals surface area (Å²) < 4.78 is 31.8. The molecule has 0 aromatic heterocycles. The van der Waals surface area contributed by atoms with E-state index in [1.165, 1.54) is 19.2 Å². The number of methoxy groups -OCH3 is 1. The van der Waals surface area contributed by atoms with Gasteiger partial charge < -0.3 is 4.74 Å². The number of nitrogens with zero attached hydrogens (tertiary/aromatic N) is 1. The Morgan fingerprint density at radius 2 is 1.84 bits per heavy atom. The summed E-state index contributed by atoms with van der Waals surface area (Å²) in [6.07, 6.45) is 0. The number of hydrogen-bond donors (Lipinski definition) is 1. The predicted molar refractivity (Wildman–Crippen MR) is 72.2 cm³/mol. The molecule has 0 aliphatic rings. The van der Waals surface area contributed by atoms with Crippen molar-refractivity contribution in [1.82, 2.24) is 4.72 Å². The van der Waals surface area contributed by atoms with E-state index in [-0.39, 0.29) is 10.8 Å². The topological polar surface area (TPSA) is 79.2 Å². The molecule has 6 heteroatoms. The van der Waals surface area contributed by atoms with Crippen molar-refractivity contribution in [3.8, 4) is 11.8 Å². The Bertz CT molecular complexity index is 573. The third-order valence-electron chi connectivity index (χ3n) is 3.10. The summed E-state index contributed by atoms with van der Waals surface area (Å²) >= 11 is 0. The molecule has 0 unspecified atom stereocenters. The van der Waals surface area contributed by atoms with E-state index in [1.807, 2.05) is 6.07 Å². The van der Waals surface area contributed by atoms with Crippen LogP contribution in [0.4, 0.5) is 0 Å². The van der Waals surface area contributed by atoms with Crippen LogP contribution in [-0.2, 0) is 10.0 Å². The quantitative estimate of drug-likeness (QED) is 0.894. The smallest absolute Gasteiger partial charge is 0.241 e. The molecule has 0 saturated heterocycles. The van der Waals surface area contributed by atoms with E-state index in [0.29, 0.717) is 5.75 Å². The van der Waals surface area contributed by atoms with Gasteiger partial charge in [0.2, 0.25) is 10.0 Å². The molecule has 0 saturated carbocycles. The van der Waals surface area contributed by atoms with Crippen LogP contribution in [-0.4, -0.2) is 21.1 Å². The Labute approximate surface area is 114 Å². The van der Waals surface area contributed by atoms with Crippen molar-refractivity contribution >= 4 is 10.0 Å². The molecule has 1 rings (SSSR count). The third-order valence-corrected chi connectivity index (χ3v) is 4.69. The summed E-state index contributed by atoms with van der Waals surface area (Å²) in [5.74, 6) is 0.427. The Hall–Kier alpha value is -1.58. The highest BCUT2D eigenvalue weighted by Gasteiger charge is 2.33. The second kappa shape index (κ2) is 5.59. The second-order valence-corrected chi connectivity index (χ2v) is 6.43. The van der Waals surface area contributed by atoms with Crippen LogP contribution in [0.3, 0.4) is 0 Å². The minimum atomic E-state index is -3.73. The SMILES string of the molecule is COc1ccc(S(=O)(=O)N[C@@](C)(C#N)C(C)C)cc1. The number of hydrogen-bond acceptors (Lipinski definition) is 4. The lowest BCUT2D eigenvalue weighted by molar-refractivity contribution is 0.388. The van der Waals surface area contributed by atoms with Gasteiger partial charge in [-0.2, -0.15) is 9.98 Å². The van der Waals surface area contributed by atoms with Crippen LogP contribution in [0.15, 0.2) is 29.2 Å². The first-order valence-corrected chi connectivity index (χ1v) is 7.33.